The van der Waals surface area contributed by atoms with Crippen LogP contribution in [0.5, 0.6) is 0 Å². The van der Waals surface area contributed by atoms with Crippen LogP contribution in [0.4, 0.5) is 11.5 Å². The molecule has 0 fully saturated rings. The van der Waals surface area contributed by atoms with Gasteiger partial charge in [-0.1, -0.05) is 39.0 Å². The molecule has 0 unspecified atom stereocenters. The highest BCUT2D eigenvalue weighted by Gasteiger charge is 2.12. The van der Waals surface area contributed by atoms with Gasteiger partial charge >= 0.3 is 0 Å². The van der Waals surface area contributed by atoms with E-state index in [0.29, 0.717) is 5.69 Å². The predicted octanol–water partition coefficient (Wildman–Crippen LogP) is 3.92. The first-order chi connectivity index (χ1) is 11.7. The van der Waals surface area contributed by atoms with Crippen molar-refractivity contribution < 1.29 is 4.79 Å². The molecule has 0 radical (unpaired) electrons. The van der Waals surface area contributed by atoms with Crippen LogP contribution in [0.15, 0.2) is 36.4 Å². The number of amides is 1. The molecule has 2 rings (SSSR count). The molecular formula is C19H26N4O. The number of carbonyl (C=O) groups is 1. The van der Waals surface area contributed by atoms with Gasteiger partial charge in [0.1, 0.15) is 0 Å². The molecule has 0 aliphatic rings. The molecule has 2 aromatic rings. The van der Waals surface area contributed by atoms with E-state index in [4.69, 9.17) is 0 Å². The van der Waals surface area contributed by atoms with Gasteiger partial charge in [0.05, 0.1) is 0 Å². The predicted molar refractivity (Wildman–Crippen MR) is 98.6 cm³/mol. The summed E-state index contributed by atoms with van der Waals surface area (Å²) in [5.41, 5.74) is 2.26. The Kier molecular flexibility index (Phi) is 6.73. The molecule has 1 amide bonds. The number of hydrogen-bond donors (Lipinski definition) is 1. The molecule has 5 heteroatoms. The second-order valence-electron chi connectivity index (χ2n) is 5.73. The fourth-order valence-corrected chi connectivity index (χ4v) is 2.63. The number of carbonyl (C=O) groups excluding carboxylic acids is 1. The number of anilines is 2. The topological polar surface area (TPSA) is 58.1 Å². The summed E-state index contributed by atoms with van der Waals surface area (Å²) in [5, 5.41) is 11.3. The summed E-state index contributed by atoms with van der Waals surface area (Å²) in [4.78, 5) is 14.6. The lowest BCUT2D eigenvalue weighted by atomic mass is 10.1. The SMILES string of the molecule is CCCN(CCC)c1ccc(C(=O)Nc2ccccc2CC)nn1. The van der Waals surface area contributed by atoms with Crippen LogP contribution < -0.4 is 10.2 Å². The Morgan fingerprint density at radius 3 is 2.29 bits per heavy atom. The lowest BCUT2D eigenvalue weighted by Crippen LogP contribution is -2.26. The average molecular weight is 326 g/mol. The van der Waals surface area contributed by atoms with E-state index in [1.165, 1.54) is 0 Å². The van der Waals surface area contributed by atoms with Crippen LogP contribution in [-0.2, 0) is 6.42 Å². The number of rotatable bonds is 8. The number of nitrogens with zero attached hydrogens (tertiary/aromatic N) is 3. The first-order valence-electron chi connectivity index (χ1n) is 8.67. The third-order valence-corrected chi connectivity index (χ3v) is 3.84. The monoisotopic (exact) mass is 326 g/mol. The van der Waals surface area contributed by atoms with Crippen molar-refractivity contribution in [2.24, 2.45) is 0 Å². The van der Waals surface area contributed by atoms with Crippen LogP contribution in [-0.4, -0.2) is 29.2 Å². The van der Waals surface area contributed by atoms with E-state index in [0.717, 1.165) is 49.4 Å². The summed E-state index contributed by atoms with van der Waals surface area (Å²) in [5.74, 6) is 0.594. The van der Waals surface area contributed by atoms with Crippen molar-refractivity contribution in [3.05, 3.63) is 47.7 Å². The van der Waals surface area contributed by atoms with E-state index in [1.54, 1.807) is 6.07 Å². The molecule has 0 atom stereocenters. The molecule has 1 N–H and O–H groups in total. The largest absolute Gasteiger partial charge is 0.355 e. The summed E-state index contributed by atoms with van der Waals surface area (Å²) in [6.45, 7) is 8.23. The maximum atomic E-state index is 12.4. The van der Waals surface area contributed by atoms with Crippen LogP contribution in [0.3, 0.4) is 0 Å². The highest BCUT2D eigenvalue weighted by atomic mass is 16.1. The highest BCUT2D eigenvalue weighted by molar-refractivity contribution is 6.03. The molecular weight excluding hydrogens is 300 g/mol. The Morgan fingerprint density at radius 2 is 1.71 bits per heavy atom. The van der Waals surface area contributed by atoms with Crippen LogP contribution in [0.2, 0.25) is 0 Å². The number of hydrogen-bond acceptors (Lipinski definition) is 4. The van der Waals surface area contributed by atoms with Crippen LogP contribution in [0, 0.1) is 0 Å². The summed E-state index contributed by atoms with van der Waals surface area (Å²) < 4.78 is 0. The zero-order chi connectivity index (χ0) is 17.4. The summed E-state index contributed by atoms with van der Waals surface area (Å²) in [7, 11) is 0. The first kappa shape index (κ1) is 17.9. The molecule has 0 saturated heterocycles. The van der Waals surface area contributed by atoms with Gasteiger partial charge in [-0.2, -0.15) is 0 Å². The number of aryl methyl sites for hydroxylation is 1. The maximum Gasteiger partial charge on any atom is 0.276 e. The summed E-state index contributed by atoms with van der Waals surface area (Å²) in [6, 6.07) is 11.4. The highest BCUT2D eigenvalue weighted by Crippen LogP contribution is 2.17. The van der Waals surface area contributed by atoms with Gasteiger partial charge in [-0.25, -0.2) is 0 Å². The lowest BCUT2D eigenvalue weighted by molar-refractivity contribution is 0.102. The van der Waals surface area contributed by atoms with Crippen LogP contribution in [0.25, 0.3) is 0 Å². The van der Waals surface area contributed by atoms with Crippen molar-refractivity contribution in [1.29, 1.82) is 0 Å². The van der Waals surface area contributed by atoms with E-state index < -0.39 is 0 Å². The first-order valence-corrected chi connectivity index (χ1v) is 8.67. The zero-order valence-corrected chi connectivity index (χ0v) is 14.7. The van der Waals surface area contributed by atoms with E-state index >= 15 is 0 Å². The third-order valence-electron chi connectivity index (χ3n) is 3.84. The van der Waals surface area contributed by atoms with Crippen molar-refractivity contribution in [3.8, 4) is 0 Å². The van der Waals surface area contributed by atoms with Gasteiger partial charge in [0.15, 0.2) is 11.5 Å². The van der Waals surface area contributed by atoms with Crippen molar-refractivity contribution >= 4 is 17.4 Å². The van der Waals surface area contributed by atoms with Crippen LogP contribution in [0.1, 0.15) is 49.7 Å². The zero-order valence-electron chi connectivity index (χ0n) is 14.7. The Hall–Kier alpha value is -2.43. The van der Waals surface area contributed by atoms with Gasteiger partial charge in [0.2, 0.25) is 0 Å². The van der Waals surface area contributed by atoms with Crippen molar-refractivity contribution in [1.82, 2.24) is 10.2 Å². The summed E-state index contributed by atoms with van der Waals surface area (Å²) >= 11 is 0. The lowest BCUT2D eigenvalue weighted by Gasteiger charge is -2.21. The number of nitrogens with one attached hydrogen (secondary N) is 1. The van der Waals surface area contributed by atoms with E-state index in [2.05, 4.69) is 41.2 Å². The molecule has 0 spiro atoms. The molecule has 1 aromatic heterocycles. The molecule has 0 aliphatic heterocycles. The number of para-hydroxylation sites is 1. The van der Waals surface area contributed by atoms with E-state index in [9.17, 15) is 4.79 Å². The third kappa shape index (κ3) is 4.54. The normalized spacial score (nSPS) is 10.5. The molecule has 0 bridgehead atoms. The van der Waals surface area contributed by atoms with Gasteiger partial charge in [0.25, 0.3) is 5.91 Å². The van der Waals surface area contributed by atoms with Crippen LogP contribution >= 0.6 is 0 Å². The fourth-order valence-electron chi connectivity index (χ4n) is 2.63. The van der Waals surface area contributed by atoms with E-state index in [1.807, 2.05) is 30.3 Å². The maximum absolute atomic E-state index is 12.4. The molecule has 128 valence electrons. The fraction of sp³-hybridized carbons (Fsp3) is 0.421. The minimum Gasteiger partial charge on any atom is -0.355 e. The standard InChI is InChI=1S/C19H26N4O/c1-4-13-23(14-5-2)18-12-11-17(21-22-18)19(24)20-16-10-8-7-9-15(16)6-3/h7-12H,4-6,13-14H2,1-3H3,(H,20,24). The van der Waals surface area contributed by atoms with E-state index in [-0.39, 0.29) is 5.91 Å². The second kappa shape index (κ2) is 9.01. The molecule has 1 heterocycles. The molecule has 1 aromatic carbocycles. The smallest absolute Gasteiger partial charge is 0.276 e. The van der Waals surface area contributed by atoms with Crippen molar-refractivity contribution in [3.63, 3.8) is 0 Å². The van der Waals surface area contributed by atoms with Gasteiger partial charge < -0.3 is 10.2 Å². The minimum atomic E-state index is -0.229. The van der Waals surface area contributed by atoms with Gasteiger partial charge in [-0.3, -0.25) is 4.79 Å². The Labute approximate surface area is 144 Å². The number of benzene rings is 1. The number of aromatic nitrogens is 2. The van der Waals surface area contributed by atoms with Gasteiger partial charge in [-0.05, 0) is 43.0 Å². The van der Waals surface area contributed by atoms with Crippen molar-refractivity contribution in [2.75, 3.05) is 23.3 Å². The Morgan fingerprint density at radius 1 is 1.00 bits per heavy atom. The molecule has 24 heavy (non-hydrogen) atoms. The molecule has 0 aliphatic carbocycles. The molecule has 0 saturated carbocycles. The van der Waals surface area contributed by atoms with Gasteiger partial charge in [-0.15, -0.1) is 10.2 Å². The minimum absolute atomic E-state index is 0.229. The Bertz CT molecular complexity index is 649. The molecule has 5 nitrogen and oxygen atoms in total. The van der Waals surface area contributed by atoms with Gasteiger partial charge in [0, 0.05) is 18.8 Å². The Balaban J connectivity index is 2.10. The second-order valence-corrected chi connectivity index (χ2v) is 5.73. The average Bonchev–Trinajstić information content (AvgIpc) is 2.62. The van der Waals surface area contributed by atoms with Crippen molar-refractivity contribution in [2.45, 2.75) is 40.0 Å². The quantitative estimate of drug-likeness (QED) is 0.799. The summed E-state index contributed by atoms with van der Waals surface area (Å²) in [6.07, 6.45) is 2.97.